The summed E-state index contributed by atoms with van der Waals surface area (Å²) >= 11 is 0. The Morgan fingerprint density at radius 2 is 2.00 bits per heavy atom. The number of rotatable bonds is 5. The Hall–Kier alpha value is -3.28. The maximum Gasteiger partial charge on any atom is 0.313 e. The third kappa shape index (κ3) is 3.65. The Morgan fingerprint density at radius 1 is 1.19 bits per heavy atom. The number of carbonyl (C=O) groups excluding carboxylic acids is 1. The highest BCUT2D eigenvalue weighted by Gasteiger charge is 2.27. The van der Waals surface area contributed by atoms with E-state index in [-0.39, 0.29) is 18.5 Å². The lowest BCUT2D eigenvalue weighted by atomic mass is 9.97. The van der Waals surface area contributed by atoms with Crippen molar-refractivity contribution >= 4 is 5.97 Å². The van der Waals surface area contributed by atoms with Gasteiger partial charge in [-0.25, -0.2) is 0 Å². The number of para-hydroxylation sites is 2. The van der Waals surface area contributed by atoms with E-state index in [0.717, 1.165) is 16.9 Å². The highest BCUT2D eigenvalue weighted by molar-refractivity contribution is 5.73. The van der Waals surface area contributed by atoms with Gasteiger partial charge < -0.3 is 18.7 Å². The number of esters is 1. The molecule has 1 aliphatic rings. The summed E-state index contributed by atoms with van der Waals surface area (Å²) in [6.45, 7) is 0.345. The molecule has 1 atom stereocenters. The van der Waals surface area contributed by atoms with Gasteiger partial charge in [0.25, 0.3) is 0 Å². The molecule has 0 radical (unpaired) electrons. The topological polar surface area (TPSA) is 70.8 Å². The summed E-state index contributed by atoms with van der Waals surface area (Å²) in [5.41, 5.74) is 2.47. The molecule has 0 aliphatic carbocycles. The molecule has 138 valence electrons. The molecule has 4 rings (SSSR count). The van der Waals surface area contributed by atoms with E-state index in [9.17, 15) is 4.79 Å². The number of methoxy groups -OCH3 is 1. The molecule has 0 saturated carbocycles. The molecule has 1 aliphatic heterocycles. The molecule has 2 aromatic carbocycles. The number of fused-ring (bicyclic) bond motifs is 1. The molecule has 6 heteroatoms. The first kappa shape index (κ1) is 17.1. The van der Waals surface area contributed by atoms with Crippen molar-refractivity contribution in [2.24, 2.45) is 5.92 Å². The number of hydrogen-bond donors (Lipinski definition) is 0. The molecule has 0 N–H and O–H groups in total. The van der Waals surface area contributed by atoms with E-state index in [2.05, 4.69) is 5.16 Å². The lowest BCUT2D eigenvalue weighted by Crippen LogP contribution is -2.29. The summed E-state index contributed by atoms with van der Waals surface area (Å²) in [4.78, 5) is 12.4. The molecule has 6 nitrogen and oxygen atoms in total. The van der Waals surface area contributed by atoms with Gasteiger partial charge in [0.05, 0.1) is 13.0 Å². The van der Waals surface area contributed by atoms with E-state index in [0.29, 0.717) is 30.2 Å². The van der Waals surface area contributed by atoms with Gasteiger partial charge in [0.2, 0.25) is 0 Å². The van der Waals surface area contributed by atoms with Gasteiger partial charge in [-0.1, -0.05) is 35.5 Å². The third-order valence-electron chi connectivity index (χ3n) is 4.51. The maximum atomic E-state index is 12.4. The minimum absolute atomic E-state index is 0.0269. The van der Waals surface area contributed by atoms with E-state index < -0.39 is 0 Å². The maximum absolute atomic E-state index is 12.4. The van der Waals surface area contributed by atoms with E-state index in [4.69, 9.17) is 18.7 Å². The van der Waals surface area contributed by atoms with Crippen LogP contribution in [0.15, 0.2) is 59.1 Å². The number of nitrogens with zero attached hydrogens (tertiary/aromatic N) is 1. The average Bonchev–Trinajstić information content (AvgIpc) is 3.20. The van der Waals surface area contributed by atoms with E-state index in [1.54, 1.807) is 13.2 Å². The molecule has 0 saturated heterocycles. The Labute approximate surface area is 156 Å². The third-order valence-corrected chi connectivity index (χ3v) is 4.51. The van der Waals surface area contributed by atoms with Crippen LogP contribution in [0.4, 0.5) is 0 Å². The predicted molar refractivity (Wildman–Crippen MR) is 97.4 cm³/mol. The van der Waals surface area contributed by atoms with Crippen LogP contribution in [0.25, 0.3) is 11.3 Å². The fourth-order valence-corrected chi connectivity index (χ4v) is 3.10. The highest BCUT2D eigenvalue weighted by Crippen LogP contribution is 2.30. The summed E-state index contributed by atoms with van der Waals surface area (Å²) in [6.07, 6.45) is 0.609. The van der Waals surface area contributed by atoms with Crippen molar-refractivity contribution in [2.75, 3.05) is 13.7 Å². The highest BCUT2D eigenvalue weighted by atomic mass is 16.6. The molecular weight excluding hydrogens is 346 g/mol. The molecule has 0 fully saturated rings. The normalized spacial score (nSPS) is 15.5. The van der Waals surface area contributed by atoms with Gasteiger partial charge >= 0.3 is 5.97 Å². The van der Waals surface area contributed by atoms with Crippen molar-refractivity contribution in [1.82, 2.24) is 5.16 Å². The number of aromatic nitrogens is 1. The first-order chi connectivity index (χ1) is 13.2. The zero-order chi connectivity index (χ0) is 18.6. The van der Waals surface area contributed by atoms with Crippen LogP contribution in [0.2, 0.25) is 0 Å². The molecule has 0 amide bonds. The van der Waals surface area contributed by atoms with Crippen molar-refractivity contribution in [1.29, 1.82) is 0 Å². The van der Waals surface area contributed by atoms with Crippen molar-refractivity contribution in [2.45, 2.75) is 13.0 Å². The molecule has 0 bridgehead atoms. The Balaban J connectivity index is 1.38. The monoisotopic (exact) mass is 365 g/mol. The standard InChI is InChI=1S/C21H19NO5/c1-24-20-9-5-3-7-17(20)18-11-16(27-22-18)13-26-21(23)15-10-14-6-2-4-8-19(14)25-12-15/h2-9,11,15H,10,12-13H2,1H3/t15-/m1/s1. The SMILES string of the molecule is COc1ccccc1-c1cc(COC(=O)[C@H]2COc3ccccc3C2)on1. The van der Waals surface area contributed by atoms with Gasteiger partial charge in [0.1, 0.15) is 23.8 Å². The minimum atomic E-state index is -0.323. The van der Waals surface area contributed by atoms with Crippen LogP contribution in [0.3, 0.4) is 0 Å². The van der Waals surface area contributed by atoms with Gasteiger partial charge in [-0.15, -0.1) is 0 Å². The predicted octanol–water partition coefficient (Wildman–Crippen LogP) is 3.64. The molecule has 1 aromatic heterocycles. The van der Waals surface area contributed by atoms with Crippen molar-refractivity contribution in [3.05, 3.63) is 65.9 Å². The zero-order valence-corrected chi connectivity index (χ0v) is 14.9. The number of carbonyl (C=O) groups is 1. The van der Waals surface area contributed by atoms with Gasteiger partial charge in [0.15, 0.2) is 12.4 Å². The summed E-state index contributed by atoms with van der Waals surface area (Å²) in [5, 5.41) is 4.04. The quantitative estimate of drug-likeness (QED) is 0.643. The molecular formula is C21H19NO5. The van der Waals surface area contributed by atoms with Gasteiger partial charge in [-0.05, 0) is 30.2 Å². The van der Waals surface area contributed by atoms with Crippen molar-refractivity contribution in [3.8, 4) is 22.8 Å². The van der Waals surface area contributed by atoms with Gasteiger partial charge in [-0.3, -0.25) is 4.79 Å². The van der Waals surface area contributed by atoms with Crippen LogP contribution >= 0.6 is 0 Å². The van der Waals surface area contributed by atoms with Crippen LogP contribution in [-0.4, -0.2) is 24.8 Å². The summed E-state index contributed by atoms with van der Waals surface area (Å²) < 4.78 is 21.7. The fraction of sp³-hybridized carbons (Fsp3) is 0.238. The van der Waals surface area contributed by atoms with E-state index in [1.807, 2.05) is 48.5 Å². The number of benzene rings is 2. The van der Waals surface area contributed by atoms with Gasteiger partial charge in [-0.2, -0.15) is 0 Å². The molecule has 0 unspecified atom stereocenters. The zero-order valence-electron chi connectivity index (χ0n) is 14.9. The first-order valence-electron chi connectivity index (χ1n) is 8.71. The Kier molecular flexibility index (Phi) is 4.78. The van der Waals surface area contributed by atoms with Gasteiger partial charge in [0, 0.05) is 11.6 Å². The molecule has 0 spiro atoms. The van der Waals surface area contributed by atoms with Crippen molar-refractivity contribution in [3.63, 3.8) is 0 Å². The minimum Gasteiger partial charge on any atom is -0.496 e. The van der Waals surface area contributed by atoms with Crippen LogP contribution in [-0.2, 0) is 22.6 Å². The average molecular weight is 365 g/mol. The molecule has 2 heterocycles. The Morgan fingerprint density at radius 3 is 2.89 bits per heavy atom. The lowest BCUT2D eigenvalue weighted by Gasteiger charge is -2.23. The summed E-state index contributed by atoms with van der Waals surface area (Å²) in [5.74, 6) is 1.38. The van der Waals surface area contributed by atoms with E-state index >= 15 is 0 Å². The first-order valence-corrected chi connectivity index (χ1v) is 8.71. The summed E-state index contributed by atoms with van der Waals surface area (Å²) in [7, 11) is 1.60. The van der Waals surface area contributed by atoms with Crippen LogP contribution in [0, 0.1) is 5.92 Å². The van der Waals surface area contributed by atoms with Crippen molar-refractivity contribution < 1.29 is 23.5 Å². The van der Waals surface area contributed by atoms with Crippen LogP contribution in [0.5, 0.6) is 11.5 Å². The van der Waals surface area contributed by atoms with E-state index in [1.165, 1.54) is 0 Å². The molecule has 3 aromatic rings. The smallest absolute Gasteiger partial charge is 0.313 e. The number of hydrogen-bond acceptors (Lipinski definition) is 6. The van der Waals surface area contributed by atoms with Crippen LogP contribution in [0.1, 0.15) is 11.3 Å². The second kappa shape index (κ2) is 7.53. The number of ether oxygens (including phenoxy) is 3. The van der Waals surface area contributed by atoms with Crippen LogP contribution < -0.4 is 9.47 Å². The largest absolute Gasteiger partial charge is 0.496 e. The second-order valence-electron chi connectivity index (χ2n) is 6.31. The lowest BCUT2D eigenvalue weighted by molar-refractivity contribution is -0.152. The fourth-order valence-electron chi connectivity index (χ4n) is 3.10. The molecule has 27 heavy (non-hydrogen) atoms. The second-order valence-corrected chi connectivity index (χ2v) is 6.31. The Bertz CT molecular complexity index is 949. The summed E-state index contributed by atoms with van der Waals surface area (Å²) in [6, 6.07) is 17.0.